The molecule has 1 heterocycles. The van der Waals surface area contributed by atoms with Gasteiger partial charge < -0.3 is 9.67 Å². The van der Waals surface area contributed by atoms with Crippen LogP contribution in [-0.2, 0) is 6.54 Å². The van der Waals surface area contributed by atoms with Gasteiger partial charge in [-0.1, -0.05) is 32.0 Å². The molecule has 0 unspecified atom stereocenters. The number of aryl methyl sites for hydroxylation is 1. The molecule has 0 aliphatic rings. The average molecular weight is 231 g/mol. The summed E-state index contributed by atoms with van der Waals surface area (Å²) in [6, 6.07) is 7.66. The maximum atomic E-state index is 11.2. The van der Waals surface area contributed by atoms with Crippen molar-refractivity contribution in [3.63, 3.8) is 0 Å². The van der Waals surface area contributed by atoms with Gasteiger partial charge in [-0.25, -0.2) is 4.79 Å². The van der Waals surface area contributed by atoms with Gasteiger partial charge in [-0.2, -0.15) is 0 Å². The number of carboxylic acid groups (broad SMARTS) is 1. The summed E-state index contributed by atoms with van der Waals surface area (Å²) < 4.78 is 2.04. The van der Waals surface area contributed by atoms with Crippen LogP contribution in [0.3, 0.4) is 0 Å². The molecule has 0 bridgehead atoms. The number of aromatic nitrogens is 1. The van der Waals surface area contributed by atoms with Gasteiger partial charge >= 0.3 is 5.97 Å². The van der Waals surface area contributed by atoms with Crippen LogP contribution in [0.15, 0.2) is 30.5 Å². The molecule has 0 radical (unpaired) electrons. The second-order valence-corrected chi connectivity index (χ2v) is 4.74. The van der Waals surface area contributed by atoms with Crippen molar-refractivity contribution in [2.75, 3.05) is 0 Å². The number of benzene rings is 1. The third-order valence-corrected chi connectivity index (χ3v) is 2.97. The Bertz CT molecular complexity index is 540. The molecule has 1 N–H and O–H groups in total. The van der Waals surface area contributed by atoms with Crippen molar-refractivity contribution in [3.05, 3.63) is 36.0 Å². The first-order chi connectivity index (χ1) is 8.09. The van der Waals surface area contributed by atoms with Crippen LogP contribution >= 0.6 is 0 Å². The summed E-state index contributed by atoms with van der Waals surface area (Å²) in [6.45, 7) is 5.21. The molecule has 3 heteroatoms. The molecule has 1 aromatic carbocycles. The van der Waals surface area contributed by atoms with Crippen molar-refractivity contribution in [1.29, 1.82) is 0 Å². The summed E-state index contributed by atoms with van der Waals surface area (Å²) in [5, 5.41) is 9.98. The smallest absolute Gasteiger partial charge is 0.337 e. The number of rotatable bonds is 4. The highest BCUT2D eigenvalue weighted by Crippen LogP contribution is 2.22. The van der Waals surface area contributed by atoms with E-state index < -0.39 is 5.97 Å². The van der Waals surface area contributed by atoms with Gasteiger partial charge in [-0.3, -0.25) is 0 Å². The number of hydrogen-bond acceptors (Lipinski definition) is 1. The van der Waals surface area contributed by atoms with Crippen molar-refractivity contribution < 1.29 is 9.90 Å². The number of para-hydroxylation sites is 1. The van der Waals surface area contributed by atoms with E-state index >= 15 is 0 Å². The molecular weight excluding hydrogens is 214 g/mol. The Morgan fingerprint density at radius 2 is 2.06 bits per heavy atom. The summed E-state index contributed by atoms with van der Waals surface area (Å²) in [5.41, 5.74) is 1.40. The van der Waals surface area contributed by atoms with E-state index in [2.05, 4.69) is 13.8 Å². The number of carboxylic acids is 1. The topological polar surface area (TPSA) is 42.2 Å². The molecule has 0 aliphatic carbocycles. The lowest BCUT2D eigenvalue weighted by Crippen LogP contribution is -2.00. The molecule has 0 fully saturated rings. The molecule has 0 saturated heterocycles. The molecule has 0 aliphatic heterocycles. The number of hydrogen-bond donors (Lipinski definition) is 1. The predicted octanol–water partition coefficient (Wildman–Crippen LogP) is 3.39. The van der Waals surface area contributed by atoms with Crippen LogP contribution in [-0.4, -0.2) is 15.6 Å². The van der Waals surface area contributed by atoms with E-state index in [1.165, 1.54) is 0 Å². The number of nitrogens with zero attached hydrogens (tertiary/aromatic N) is 1. The lowest BCUT2D eigenvalue weighted by Gasteiger charge is -2.07. The van der Waals surface area contributed by atoms with Crippen LogP contribution in [0.25, 0.3) is 10.9 Å². The third-order valence-electron chi connectivity index (χ3n) is 2.97. The molecule has 2 rings (SSSR count). The van der Waals surface area contributed by atoms with Crippen LogP contribution in [0.5, 0.6) is 0 Å². The number of carbonyl (C=O) groups is 1. The fourth-order valence-corrected chi connectivity index (χ4v) is 2.00. The highest BCUT2D eigenvalue weighted by Gasteiger charge is 2.13. The zero-order chi connectivity index (χ0) is 12.4. The normalized spacial score (nSPS) is 11.2. The minimum atomic E-state index is -0.857. The summed E-state index contributed by atoms with van der Waals surface area (Å²) in [6.07, 6.45) is 2.80. The van der Waals surface area contributed by atoms with Crippen molar-refractivity contribution in [2.45, 2.75) is 26.8 Å². The predicted molar refractivity (Wildman–Crippen MR) is 68.4 cm³/mol. The molecule has 3 nitrogen and oxygen atoms in total. The van der Waals surface area contributed by atoms with Gasteiger partial charge in [0.15, 0.2) is 0 Å². The highest BCUT2D eigenvalue weighted by atomic mass is 16.4. The summed E-state index contributed by atoms with van der Waals surface area (Å²) in [7, 11) is 0. The Kier molecular flexibility index (Phi) is 3.18. The minimum Gasteiger partial charge on any atom is -0.478 e. The van der Waals surface area contributed by atoms with Crippen LogP contribution in [0.1, 0.15) is 30.6 Å². The monoisotopic (exact) mass is 231 g/mol. The number of aromatic carboxylic acids is 1. The van der Waals surface area contributed by atoms with E-state index in [0.717, 1.165) is 23.9 Å². The van der Waals surface area contributed by atoms with Crippen molar-refractivity contribution in [3.8, 4) is 0 Å². The minimum absolute atomic E-state index is 0.393. The van der Waals surface area contributed by atoms with E-state index in [1.807, 2.05) is 28.8 Å². The molecule has 0 atom stereocenters. The fraction of sp³-hybridized carbons (Fsp3) is 0.357. The maximum absolute atomic E-state index is 11.2. The van der Waals surface area contributed by atoms with Crippen LogP contribution < -0.4 is 0 Å². The Hall–Kier alpha value is -1.77. The van der Waals surface area contributed by atoms with Crippen molar-refractivity contribution in [1.82, 2.24) is 4.57 Å². The molecule has 0 spiro atoms. The average Bonchev–Trinajstić information content (AvgIpc) is 2.65. The van der Waals surface area contributed by atoms with Gasteiger partial charge in [0, 0.05) is 23.6 Å². The maximum Gasteiger partial charge on any atom is 0.337 e. The van der Waals surface area contributed by atoms with Gasteiger partial charge in [0.2, 0.25) is 0 Å². The first-order valence-electron chi connectivity index (χ1n) is 5.90. The molecule has 0 amide bonds. The zero-order valence-electron chi connectivity index (χ0n) is 10.2. The van der Waals surface area contributed by atoms with Crippen LogP contribution in [0.4, 0.5) is 0 Å². The van der Waals surface area contributed by atoms with Gasteiger partial charge in [0.1, 0.15) is 0 Å². The van der Waals surface area contributed by atoms with Gasteiger partial charge in [-0.15, -0.1) is 0 Å². The molecule has 1 aromatic heterocycles. The Labute approximate surface area is 101 Å². The highest BCUT2D eigenvalue weighted by molar-refractivity contribution is 6.03. The first kappa shape index (κ1) is 11.7. The van der Waals surface area contributed by atoms with Gasteiger partial charge in [0.05, 0.1) is 5.56 Å². The fourth-order valence-electron chi connectivity index (χ4n) is 2.00. The van der Waals surface area contributed by atoms with E-state index in [1.54, 1.807) is 6.20 Å². The zero-order valence-corrected chi connectivity index (χ0v) is 10.2. The second-order valence-electron chi connectivity index (χ2n) is 4.74. The lowest BCUT2D eigenvalue weighted by atomic mass is 10.1. The Balaban J connectivity index is 2.45. The molecular formula is C14H17NO2. The van der Waals surface area contributed by atoms with E-state index in [9.17, 15) is 4.79 Å². The van der Waals surface area contributed by atoms with E-state index in [-0.39, 0.29) is 0 Å². The van der Waals surface area contributed by atoms with Crippen LogP contribution in [0, 0.1) is 5.92 Å². The summed E-state index contributed by atoms with van der Waals surface area (Å²) in [5.74, 6) is -0.242. The molecule has 2 aromatic rings. The Morgan fingerprint density at radius 1 is 1.35 bits per heavy atom. The molecule has 17 heavy (non-hydrogen) atoms. The third kappa shape index (κ3) is 2.33. The largest absolute Gasteiger partial charge is 0.478 e. The van der Waals surface area contributed by atoms with Gasteiger partial charge in [0.25, 0.3) is 0 Å². The van der Waals surface area contributed by atoms with Gasteiger partial charge in [-0.05, 0) is 18.4 Å². The first-order valence-corrected chi connectivity index (χ1v) is 5.90. The molecule has 0 saturated carbocycles. The summed E-state index contributed by atoms with van der Waals surface area (Å²) in [4.78, 5) is 11.2. The number of fused-ring (bicyclic) bond motifs is 1. The quantitative estimate of drug-likeness (QED) is 0.876. The second kappa shape index (κ2) is 4.62. The van der Waals surface area contributed by atoms with E-state index in [4.69, 9.17) is 5.11 Å². The lowest BCUT2D eigenvalue weighted by molar-refractivity contribution is 0.0699. The van der Waals surface area contributed by atoms with Crippen LogP contribution in [0.2, 0.25) is 0 Å². The Morgan fingerprint density at radius 3 is 2.71 bits per heavy atom. The molecule has 90 valence electrons. The van der Waals surface area contributed by atoms with Crippen molar-refractivity contribution >= 4 is 16.9 Å². The van der Waals surface area contributed by atoms with Crippen molar-refractivity contribution in [2.24, 2.45) is 5.92 Å². The summed E-state index contributed by atoms with van der Waals surface area (Å²) >= 11 is 0. The standard InChI is InChI=1S/C14H17NO2/c1-10(2)7-8-15-9-12(14(16)17)11-5-3-4-6-13(11)15/h3-6,9-10H,7-8H2,1-2H3,(H,16,17). The van der Waals surface area contributed by atoms with E-state index in [0.29, 0.717) is 11.5 Å². The SMILES string of the molecule is CC(C)CCn1cc(C(=O)O)c2ccccc21.